The third-order valence-electron chi connectivity index (χ3n) is 8.86. The average molecular weight is 632 g/mol. The number of nitrogens with one attached hydrogen (secondary N) is 1. The lowest BCUT2D eigenvalue weighted by Gasteiger charge is -2.40. The molecule has 244 valence electrons. The minimum absolute atomic E-state index is 0.0743. The molecule has 11 nitrogen and oxygen atoms in total. The number of amides is 1. The molecule has 1 saturated carbocycles. The van der Waals surface area contributed by atoms with Gasteiger partial charge in [-0.05, 0) is 52.8 Å². The number of nitrogen functional groups attached to an aromatic ring is 1. The number of nitrogens with two attached hydrogens (primary N) is 1. The first kappa shape index (κ1) is 32.9. The van der Waals surface area contributed by atoms with Crippen LogP contribution in [0.2, 0.25) is 0 Å². The molecule has 1 saturated heterocycles. The summed E-state index contributed by atoms with van der Waals surface area (Å²) in [5.41, 5.74) is 4.92. The van der Waals surface area contributed by atoms with Crippen molar-refractivity contribution >= 4 is 17.4 Å². The fourth-order valence-corrected chi connectivity index (χ4v) is 5.98. The van der Waals surface area contributed by atoms with Gasteiger partial charge in [0.05, 0.1) is 5.54 Å². The van der Waals surface area contributed by atoms with E-state index in [2.05, 4.69) is 39.0 Å². The maximum absolute atomic E-state index is 15.3. The predicted octanol–water partition coefficient (Wildman–Crippen LogP) is 4.07. The lowest BCUT2D eigenvalue weighted by molar-refractivity contribution is 0.0946. The number of likely N-dealkylation sites (N-methyl/N-ethyl adjacent to an activating group) is 1. The molecule has 0 bridgehead atoms. The maximum Gasteiger partial charge on any atom is 0.331 e. The smallest absolute Gasteiger partial charge is 0.331 e. The Labute approximate surface area is 268 Å². The minimum atomic E-state index is -0.747. The van der Waals surface area contributed by atoms with Gasteiger partial charge in [-0.1, -0.05) is 31.1 Å². The van der Waals surface area contributed by atoms with E-state index in [0.717, 1.165) is 68.9 Å². The summed E-state index contributed by atoms with van der Waals surface area (Å²) >= 11 is 0. The summed E-state index contributed by atoms with van der Waals surface area (Å²) in [4.78, 5) is 48.1. The molecule has 2 aliphatic rings. The van der Waals surface area contributed by atoms with E-state index >= 15 is 4.39 Å². The summed E-state index contributed by atoms with van der Waals surface area (Å²) in [5.74, 6) is 5.24. The monoisotopic (exact) mass is 631 g/mol. The molecule has 5 rings (SSSR count). The van der Waals surface area contributed by atoms with Gasteiger partial charge >= 0.3 is 5.69 Å². The van der Waals surface area contributed by atoms with Crippen LogP contribution in [0.3, 0.4) is 0 Å². The third kappa shape index (κ3) is 7.16. The molecule has 0 radical (unpaired) electrons. The van der Waals surface area contributed by atoms with Gasteiger partial charge in [-0.15, -0.1) is 0 Å². The van der Waals surface area contributed by atoms with E-state index in [0.29, 0.717) is 5.56 Å². The van der Waals surface area contributed by atoms with Gasteiger partial charge in [0.25, 0.3) is 11.5 Å². The van der Waals surface area contributed by atoms with Crippen LogP contribution >= 0.6 is 0 Å². The van der Waals surface area contributed by atoms with E-state index in [4.69, 9.17) is 10.5 Å². The lowest BCUT2D eigenvalue weighted by atomic mass is 9.95. The highest BCUT2D eigenvalue weighted by Crippen LogP contribution is 2.31. The first-order chi connectivity index (χ1) is 22.0. The number of hydrogen-bond donors (Lipinski definition) is 2. The Morgan fingerprint density at radius 1 is 1.11 bits per heavy atom. The molecular formula is C34H42FN7O4. The Morgan fingerprint density at radius 3 is 2.50 bits per heavy atom. The van der Waals surface area contributed by atoms with Crippen LogP contribution in [-0.2, 0) is 6.54 Å². The molecule has 2 aromatic heterocycles. The van der Waals surface area contributed by atoms with Crippen LogP contribution in [-0.4, -0.2) is 68.6 Å². The second kappa shape index (κ2) is 13.9. The van der Waals surface area contributed by atoms with Crippen molar-refractivity contribution in [1.29, 1.82) is 0 Å². The van der Waals surface area contributed by atoms with Gasteiger partial charge < -0.3 is 20.7 Å². The summed E-state index contributed by atoms with van der Waals surface area (Å²) < 4.78 is 23.8. The summed E-state index contributed by atoms with van der Waals surface area (Å²) in [7, 11) is 2.10. The topological polar surface area (TPSA) is 128 Å². The average Bonchev–Trinajstić information content (AvgIpc) is 3.03. The molecule has 1 aromatic carbocycles. The number of carbonyl (C=O) groups excluding carboxylic acids is 1. The van der Waals surface area contributed by atoms with Gasteiger partial charge in [-0.25, -0.2) is 14.2 Å². The quantitative estimate of drug-likeness (QED) is 0.374. The van der Waals surface area contributed by atoms with Crippen molar-refractivity contribution in [2.24, 2.45) is 0 Å². The molecule has 3 N–H and O–H groups in total. The highest BCUT2D eigenvalue weighted by molar-refractivity contribution is 6.03. The number of hydrogen-bond acceptors (Lipinski definition) is 8. The molecule has 2 fully saturated rings. The molecule has 3 aromatic rings. The van der Waals surface area contributed by atoms with Crippen LogP contribution in [0.15, 0.2) is 46.2 Å². The number of aromatic nitrogens is 3. The highest BCUT2D eigenvalue weighted by Gasteiger charge is 2.28. The van der Waals surface area contributed by atoms with Crippen molar-refractivity contribution in [2.75, 3.05) is 44.3 Å². The Hall–Kier alpha value is -4.47. The Balaban J connectivity index is 1.35. The molecule has 0 atom stereocenters. The maximum atomic E-state index is 15.3. The Bertz CT molecular complexity index is 1770. The number of ether oxygens (including phenoxy) is 1. The number of carbonyl (C=O) groups is 1. The zero-order valence-corrected chi connectivity index (χ0v) is 26.9. The Morgan fingerprint density at radius 2 is 1.83 bits per heavy atom. The van der Waals surface area contributed by atoms with Gasteiger partial charge in [-0.3, -0.25) is 23.6 Å². The van der Waals surface area contributed by atoms with Crippen LogP contribution in [0.5, 0.6) is 11.5 Å². The number of halogens is 1. The fourth-order valence-electron chi connectivity index (χ4n) is 5.98. The van der Waals surface area contributed by atoms with Gasteiger partial charge in [0, 0.05) is 69.0 Å². The van der Waals surface area contributed by atoms with Gasteiger partial charge in [0.2, 0.25) is 0 Å². The largest absolute Gasteiger partial charge is 0.453 e. The van der Waals surface area contributed by atoms with Crippen LogP contribution in [0.4, 0.5) is 15.9 Å². The zero-order chi connectivity index (χ0) is 33.0. The SMILES string of the molecule is CCn1c(=O)c(C(=O)Nc2ccc(Oc3ccnc(N)c3C#CC(C)(C)N3CCN(C)CC3)c(F)c2)cn(C2CCCCC2)c1=O. The zero-order valence-electron chi connectivity index (χ0n) is 26.9. The molecule has 12 heteroatoms. The van der Waals surface area contributed by atoms with Gasteiger partial charge in [0.15, 0.2) is 11.6 Å². The molecule has 46 heavy (non-hydrogen) atoms. The number of pyridine rings is 1. The molecule has 3 heterocycles. The second-order valence-electron chi connectivity index (χ2n) is 12.4. The van der Waals surface area contributed by atoms with Crippen molar-refractivity contribution in [3.63, 3.8) is 0 Å². The molecular weight excluding hydrogens is 589 g/mol. The highest BCUT2D eigenvalue weighted by atomic mass is 19.1. The minimum Gasteiger partial charge on any atom is -0.453 e. The van der Waals surface area contributed by atoms with Crippen molar-refractivity contribution in [2.45, 2.75) is 71.0 Å². The molecule has 0 unspecified atom stereocenters. The lowest BCUT2D eigenvalue weighted by Crippen LogP contribution is -2.53. The number of benzene rings is 1. The Kier molecular flexibility index (Phi) is 9.94. The number of rotatable bonds is 7. The van der Waals surface area contributed by atoms with Crippen molar-refractivity contribution < 1.29 is 13.9 Å². The summed E-state index contributed by atoms with van der Waals surface area (Å²) in [6, 6.07) is 5.45. The summed E-state index contributed by atoms with van der Waals surface area (Å²) in [6.45, 7) is 9.59. The summed E-state index contributed by atoms with van der Waals surface area (Å²) in [5, 5.41) is 2.60. The van der Waals surface area contributed by atoms with Crippen molar-refractivity contribution in [3.05, 3.63) is 74.4 Å². The van der Waals surface area contributed by atoms with E-state index < -0.39 is 28.5 Å². The van der Waals surface area contributed by atoms with Crippen molar-refractivity contribution in [1.82, 2.24) is 23.9 Å². The van der Waals surface area contributed by atoms with E-state index in [9.17, 15) is 14.4 Å². The van der Waals surface area contributed by atoms with Gasteiger partial charge in [-0.2, -0.15) is 0 Å². The molecule has 1 aliphatic heterocycles. The van der Waals surface area contributed by atoms with Crippen LogP contribution < -0.4 is 27.0 Å². The van der Waals surface area contributed by atoms with E-state index in [1.54, 1.807) is 13.0 Å². The van der Waals surface area contributed by atoms with Crippen LogP contribution in [0, 0.1) is 17.7 Å². The van der Waals surface area contributed by atoms with E-state index in [-0.39, 0.29) is 41.2 Å². The van der Waals surface area contributed by atoms with Gasteiger partial charge in [0.1, 0.15) is 22.7 Å². The summed E-state index contributed by atoms with van der Waals surface area (Å²) in [6.07, 6.45) is 7.47. The molecule has 0 spiro atoms. The number of piperazine rings is 1. The number of nitrogens with zero attached hydrogens (tertiary/aromatic N) is 5. The molecule has 1 amide bonds. The van der Waals surface area contributed by atoms with Crippen LogP contribution in [0.25, 0.3) is 0 Å². The van der Waals surface area contributed by atoms with Crippen molar-refractivity contribution in [3.8, 4) is 23.3 Å². The normalized spacial score (nSPS) is 16.5. The predicted molar refractivity (Wildman–Crippen MR) is 176 cm³/mol. The first-order valence-electron chi connectivity index (χ1n) is 15.8. The van der Waals surface area contributed by atoms with E-state index in [1.807, 2.05) is 13.8 Å². The third-order valence-corrected chi connectivity index (χ3v) is 8.86. The second-order valence-corrected chi connectivity index (χ2v) is 12.4. The fraction of sp³-hybridized carbons (Fsp3) is 0.471. The number of anilines is 2. The first-order valence-corrected chi connectivity index (χ1v) is 15.8. The standard InChI is InChI=1S/C34H42FN7O4/c1-5-41-32(44)26(22-42(33(41)45)24-9-7-6-8-10-24)31(43)38-23-11-12-29(27(35)21-23)46-28-14-16-37-30(36)25(28)13-15-34(2,3)40-19-17-39(4)18-20-40/h11-12,14,16,21-22,24H,5-10,17-20H2,1-4H3,(H2,36,37)(H,38,43). The molecule has 1 aliphatic carbocycles. The van der Waals surface area contributed by atoms with E-state index in [1.165, 1.54) is 29.1 Å². The van der Waals surface area contributed by atoms with Crippen LogP contribution in [0.1, 0.15) is 74.8 Å².